The van der Waals surface area contributed by atoms with Gasteiger partial charge in [-0.05, 0) is 19.1 Å². The molecule has 3 heterocycles. The second-order valence-corrected chi connectivity index (χ2v) is 4.69. The summed E-state index contributed by atoms with van der Waals surface area (Å²) in [5, 5.41) is 9.43. The highest BCUT2D eigenvalue weighted by Crippen LogP contribution is 2.31. The van der Waals surface area contributed by atoms with Crippen molar-refractivity contribution in [2.75, 3.05) is 5.43 Å². The van der Waals surface area contributed by atoms with E-state index in [1.165, 1.54) is 0 Å². The molecular formula is C11H11N5S. The van der Waals surface area contributed by atoms with Crippen LogP contribution < -0.4 is 5.43 Å². The zero-order valence-corrected chi connectivity index (χ0v) is 10.1. The summed E-state index contributed by atoms with van der Waals surface area (Å²) in [6, 6.07) is 3.86. The van der Waals surface area contributed by atoms with E-state index >= 15 is 0 Å². The predicted molar refractivity (Wildman–Crippen MR) is 67.1 cm³/mol. The van der Waals surface area contributed by atoms with Crippen LogP contribution in [-0.2, 0) is 0 Å². The minimum absolute atomic E-state index is 0.223. The molecule has 1 aliphatic rings. The molecule has 0 radical (unpaired) electrons. The predicted octanol–water partition coefficient (Wildman–Crippen LogP) is 1.89. The molecule has 0 bridgehead atoms. The number of fused-ring (bicyclic) bond motifs is 1. The van der Waals surface area contributed by atoms with Crippen LogP contribution in [0.15, 0.2) is 41.8 Å². The number of allylic oxidation sites excluding steroid dienone is 1. The van der Waals surface area contributed by atoms with Crippen molar-refractivity contribution in [3.8, 4) is 11.4 Å². The molecule has 86 valence electrons. The summed E-state index contributed by atoms with van der Waals surface area (Å²) < 4.78 is 1.91. The fourth-order valence-corrected chi connectivity index (χ4v) is 2.62. The maximum atomic E-state index is 4.17. The Kier molecular flexibility index (Phi) is 2.56. The lowest BCUT2D eigenvalue weighted by Gasteiger charge is -2.07. The molecule has 0 amide bonds. The molecule has 0 saturated carbocycles. The Labute approximate surface area is 103 Å². The van der Waals surface area contributed by atoms with Gasteiger partial charge in [0.05, 0.1) is 0 Å². The third-order valence-corrected chi connectivity index (χ3v) is 3.40. The van der Waals surface area contributed by atoms with E-state index in [1.54, 1.807) is 24.2 Å². The van der Waals surface area contributed by atoms with Gasteiger partial charge in [0.25, 0.3) is 0 Å². The van der Waals surface area contributed by atoms with Crippen molar-refractivity contribution in [1.82, 2.24) is 19.9 Å². The summed E-state index contributed by atoms with van der Waals surface area (Å²) in [5.41, 5.74) is 4.28. The van der Waals surface area contributed by atoms with E-state index in [2.05, 4.69) is 26.7 Å². The van der Waals surface area contributed by atoms with Crippen molar-refractivity contribution in [2.45, 2.75) is 17.5 Å². The second kappa shape index (κ2) is 4.21. The van der Waals surface area contributed by atoms with Gasteiger partial charge in [-0.3, -0.25) is 4.98 Å². The maximum Gasteiger partial charge on any atom is 0.212 e. The summed E-state index contributed by atoms with van der Waals surface area (Å²) in [4.78, 5) is 4.09. The quantitative estimate of drug-likeness (QED) is 0.819. The van der Waals surface area contributed by atoms with Gasteiger partial charge in [-0.1, -0.05) is 23.9 Å². The molecule has 1 atom stereocenters. The smallest absolute Gasteiger partial charge is 0.212 e. The van der Waals surface area contributed by atoms with E-state index in [9.17, 15) is 0 Å². The molecule has 0 fully saturated rings. The largest absolute Gasteiger partial charge is 0.305 e. The monoisotopic (exact) mass is 245 g/mol. The van der Waals surface area contributed by atoms with Gasteiger partial charge < -0.3 is 5.43 Å². The summed E-state index contributed by atoms with van der Waals surface area (Å²) in [6.45, 7) is 2.00. The van der Waals surface area contributed by atoms with Gasteiger partial charge >= 0.3 is 0 Å². The van der Waals surface area contributed by atoms with E-state index in [1.807, 2.05) is 29.8 Å². The lowest BCUT2D eigenvalue weighted by Crippen LogP contribution is -2.17. The third-order valence-electron chi connectivity index (χ3n) is 2.41. The van der Waals surface area contributed by atoms with Crippen LogP contribution in [-0.4, -0.2) is 25.2 Å². The molecule has 1 aliphatic heterocycles. The number of pyridine rings is 1. The van der Waals surface area contributed by atoms with Gasteiger partial charge in [0.1, 0.15) is 5.37 Å². The molecule has 2 aromatic rings. The molecule has 0 aromatic carbocycles. The van der Waals surface area contributed by atoms with Crippen LogP contribution in [0.2, 0.25) is 0 Å². The molecule has 0 unspecified atom stereocenters. The van der Waals surface area contributed by atoms with Crippen LogP contribution in [0, 0.1) is 0 Å². The van der Waals surface area contributed by atoms with Crippen molar-refractivity contribution >= 4 is 11.8 Å². The van der Waals surface area contributed by atoms with Crippen molar-refractivity contribution in [1.29, 1.82) is 0 Å². The Hall–Kier alpha value is -1.82. The first-order valence-corrected chi connectivity index (χ1v) is 6.18. The number of hydrogen-bond acceptors (Lipinski definition) is 5. The minimum atomic E-state index is 0.223. The van der Waals surface area contributed by atoms with E-state index in [-0.39, 0.29) is 5.37 Å². The van der Waals surface area contributed by atoms with Gasteiger partial charge in [-0.2, -0.15) is 0 Å². The van der Waals surface area contributed by atoms with Crippen molar-refractivity contribution < 1.29 is 0 Å². The lowest BCUT2D eigenvalue weighted by molar-refractivity contribution is 0.811. The fraction of sp³-hybridized carbons (Fsp3) is 0.182. The molecule has 2 aromatic heterocycles. The molecule has 6 heteroatoms. The van der Waals surface area contributed by atoms with Crippen LogP contribution in [0.1, 0.15) is 6.92 Å². The number of nitrogens with zero attached hydrogens (tertiary/aromatic N) is 4. The maximum absolute atomic E-state index is 4.17. The topological polar surface area (TPSA) is 55.6 Å². The van der Waals surface area contributed by atoms with Crippen molar-refractivity contribution in [3.05, 3.63) is 36.7 Å². The van der Waals surface area contributed by atoms with E-state index in [4.69, 9.17) is 0 Å². The zero-order chi connectivity index (χ0) is 11.7. The lowest BCUT2D eigenvalue weighted by atomic mass is 10.3. The van der Waals surface area contributed by atoms with Crippen molar-refractivity contribution in [3.63, 3.8) is 0 Å². The average Bonchev–Trinajstić information content (AvgIpc) is 2.90. The SMILES string of the molecule is CC=C[C@H]1Nn2c(nnc2-c2cccnc2)S1. The summed E-state index contributed by atoms with van der Waals surface area (Å²) >= 11 is 1.65. The Morgan fingerprint density at radius 1 is 1.47 bits per heavy atom. The van der Waals surface area contributed by atoms with E-state index in [0.29, 0.717) is 0 Å². The summed E-state index contributed by atoms with van der Waals surface area (Å²) in [6.07, 6.45) is 7.64. The zero-order valence-electron chi connectivity index (χ0n) is 9.24. The Morgan fingerprint density at radius 2 is 2.41 bits per heavy atom. The van der Waals surface area contributed by atoms with Gasteiger partial charge in [-0.25, -0.2) is 4.68 Å². The number of hydrogen-bond donors (Lipinski definition) is 1. The summed E-state index contributed by atoms with van der Waals surface area (Å²) in [7, 11) is 0. The molecule has 5 nitrogen and oxygen atoms in total. The first-order valence-electron chi connectivity index (χ1n) is 5.30. The van der Waals surface area contributed by atoms with Gasteiger partial charge in [0.15, 0.2) is 5.82 Å². The second-order valence-electron chi connectivity index (χ2n) is 3.58. The first-order chi connectivity index (χ1) is 8.38. The number of rotatable bonds is 2. The van der Waals surface area contributed by atoms with Crippen LogP contribution in [0.3, 0.4) is 0 Å². The van der Waals surface area contributed by atoms with Crippen LogP contribution in [0.4, 0.5) is 0 Å². The van der Waals surface area contributed by atoms with Crippen LogP contribution >= 0.6 is 11.8 Å². The minimum Gasteiger partial charge on any atom is -0.305 e. The van der Waals surface area contributed by atoms with Crippen molar-refractivity contribution in [2.24, 2.45) is 0 Å². The molecular weight excluding hydrogens is 234 g/mol. The highest BCUT2D eigenvalue weighted by molar-refractivity contribution is 8.00. The molecule has 3 rings (SSSR count). The number of nitrogens with one attached hydrogen (secondary N) is 1. The highest BCUT2D eigenvalue weighted by atomic mass is 32.2. The van der Waals surface area contributed by atoms with E-state index < -0.39 is 0 Å². The molecule has 0 aliphatic carbocycles. The highest BCUT2D eigenvalue weighted by Gasteiger charge is 2.24. The van der Waals surface area contributed by atoms with Gasteiger partial charge in [0, 0.05) is 18.0 Å². The summed E-state index contributed by atoms with van der Waals surface area (Å²) in [5.74, 6) is 0.799. The van der Waals surface area contributed by atoms with Crippen LogP contribution in [0.5, 0.6) is 0 Å². The first kappa shape index (κ1) is 10.3. The average molecular weight is 245 g/mol. The Morgan fingerprint density at radius 3 is 3.18 bits per heavy atom. The Bertz CT molecular complexity index is 548. The van der Waals surface area contributed by atoms with Crippen LogP contribution in [0.25, 0.3) is 11.4 Å². The number of aromatic nitrogens is 4. The number of thioether (sulfide) groups is 1. The molecule has 0 saturated heterocycles. The van der Waals surface area contributed by atoms with E-state index in [0.717, 1.165) is 16.5 Å². The Balaban J connectivity index is 1.96. The molecule has 0 spiro atoms. The standard InChI is InChI=1S/C11H11N5S/c1-2-4-9-15-16-10(13-14-11(16)17-9)8-5-3-6-12-7-8/h2-7,9,15H,1H3/t9-/m0/s1. The van der Waals surface area contributed by atoms with Gasteiger partial charge in [0.2, 0.25) is 5.16 Å². The fourth-order valence-electron chi connectivity index (χ4n) is 1.67. The third kappa shape index (κ3) is 1.80. The normalized spacial score (nSPS) is 18.3. The van der Waals surface area contributed by atoms with Gasteiger partial charge in [-0.15, -0.1) is 10.2 Å². The molecule has 1 N–H and O–H groups in total. The molecule has 17 heavy (non-hydrogen) atoms.